The fourth-order valence-corrected chi connectivity index (χ4v) is 4.74. The second kappa shape index (κ2) is 12.9. The van der Waals surface area contributed by atoms with Gasteiger partial charge in [-0.2, -0.15) is 0 Å². The first kappa shape index (κ1) is 29.2. The van der Waals surface area contributed by atoms with E-state index in [0.29, 0.717) is 12.1 Å². The third kappa shape index (κ3) is 7.67. The average molecular weight is 476 g/mol. The molecule has 0 bridgehead atoms. The number of amides is 1. The quantitative estimate of drug-likeness (QED) is 0.676. The molecule has 3 fully saturated rings. The smallest absolute Gasteiger partial charge is 0.227 e. The van der Waals surface area contributed by atoms with E-state index in [1.165, 1.54) is 0 Å². The molecule has 1 amide bonds. The number of carbonyl (C=O) groups excluding carboxylic acids is 1. The van der Waals surface area contributed by atoms with Crippen molar-refractivity contribution in [2.24, 2.45) is 11.7 Å². The molecule has 0 aromatic heterocycles. The van der Waals surface area contributed by atoms with E-state index in [1.54, 1.807) is 0 Å². The molecule has 2 heterocycles. The summed E-state index contributed by atoms with van der Waals surface area (Å²) in [5.74, 6) is 0.290. The van der Waals surface area contributed by atoms with Gasteiger partial charge in [-0.3, -0.25) is 14.6 Å². The number of carbonyl (C=O) groups is 1. The first-order valence-corrected chi connectivity index (χ1v) is 10.5. The lowest BCUT2D eigenvalue weighted by atomic mass is 9.74. The van der Waals surface area contributed by atoms with Gasteiger partial charge in [0, 0.05) is 57.4 Å². The summed E-state index contributed by atoms with van der Waals surface area (Å²) in [4.78, 5) is 20.0. The summed E-state index contributed by atoms with van der Waals surface area (Å²) in [5, 5.41) is 0. The van der Waals surface area contributed by atoms with E-state index in [4.69, 9.17) is 10.5 Å². The molecule has 6 nitrogen and oxygen atoms in total. The molecule has 1 aliphatic carbocycles. The summed E-state index contributed by atoms with van der Waals surface area (Å²) in [6.45, 7) is 14.0. The highest BCUT2D eigenvalue weighted by Gasteiger charge is 2.40. The second-order valence-corrected chi connectivity index (χ2v) is 9.01. The first-order valence-electron chi connectivity index (χ1n) is 10.5. The van der Waals surface area contributed by atoms with Crippen molar-refractivity contribution in [3.8, 4) is 0 Å². The van der Waals surface area contributed by atoms with Gasteiger partial charge in [-0.25, -0.2) is 0 Å². The summed E-state index contributed by atoms with van der Waals surface area (Å²) in [6.07, 6.45) is 4.49. The molecule has 3 rings (SSSR count). The van der Waals surface area contributed by atoms with Crippen LogP contribution in [0, 0.1) is 5.92 Å². The molecular weight excluding hydrogens is 435 g/mol. The SMILES string of the molecule is CC(C)N1CCOC(CN2CCN(C(=O)C3CCCCC3(C)N)CC2)C1.Cl.Cl.Cl. The minimum absolute atomic E-state index is 0. The fraction of sp³-hybridized carbons (Fsp3) is 0.950. The molecule has 174 valence electrons. The second-order valence-electron chi connectivity index (χ2n) is 9.01. The highest BCUT2D eigenvalue weighted by atomic mass is 35.5. The zero-order chi connectivity index (χ0) is 18.7. The van der Waals surface area contributed by atoms with Gasteiger partial charge in [-0.05, 0) is 33.6 Å². The van der Waals surface area contributed by atoms with E-state index < -0.39 is 0 Å². The first-order chi connectivity index (χ1) is 12.4. The van der Waals surface area contributed by atoms with Gasteiger partial charge in [-0.15, -0.1) is 37.2 Å². The van der Waals surface area contributed by atoms with Gasteiger partial charge in [0.25, 0.3) is 0 Å². The third-order valence-corrected chi connectivity index (χ3v) is 6.60. The Bertz CT molecular complexity index is 488. The number of hydrogen-bond donors (Lipinski definition) is 1. The van der Waals surface area contributed by atoms with Crippen LogP contribution in [-0.2, 0) is 9.53 Å². The monoisotopic (exact) mass is 474 g/mol. The average Bonchev–Trinajstić information content (AvgIpc) is 2.62. The van der Waals surface area contributed by atoms with Gasteiger partial charge < -0.3 is 15.4 Å². The van der Waals surface area contributed by atoms with Crippen molar-refractivity contribution in [3.05, 3.63) is 0 Å². The topological polar surface area (TPSA) is 62.0 Å². The molecule has 2 aliphatic heterocycles. The van der Waals surface area contributed by atoms with Crippen LogP contribution in [0.1, 0.15) is 46.5 Å². The standard InChI is InChI=1S/C20H38N4O2.3ClH/c1-16(2)24-12-13-26-17(15-24)14-22-8-10-23(11-9-22)19(25)18-6-4-5-7-20(18,3)21;;;/h16-18H,4-15,21H2,1-3H3;3*1H. The molecule has 1 saturated carbocycles. The third-order valence-electron chi connectivity index (χ3n) is 6.60. The van der Waals surface area contributed by atoms with Gasteiger partial charge in [-0.1, -0.05) is 12.8 Å². The lowest BCUT2D eigenvalue weighted by molar-refractivity contribution is -0.141. The summed E-state index contributed by atoms with van der Waals surface area (Å²) in [5.41, 5.74) is 6.11. The molecule has 3 aliphatic rings. The van der Waals surface area contributed by atoms with Crippen LogP contribution >= 0.6 is 37.2 Å². The van der Waals surface area contributed by atoms with Crippen molar-refractivity contribution in [2.75, 3.05) is 52.4 Å². The number of morpholine rings is 1. The van der Waals surface area contributed by atoms with Crippen molar-refractivity contribution in [1.82, 2.24) is 14.7 Å². The zero-order valence-corrected chi connectivity index (χ0v) is 20.6. The molecule has 0 radical (unpaired) electrons. The maximum Gasteiger partial charge on any atom is 0.227 e. The number of halogens is 3. The molecule has 29 heavy (non-hydrogen) atoms. The van der Waals surface area contributed by atoms with Crippen molar-refractivity contribution >= 4 is 43.1 Å². The van der Waals surface area contributed by atoms with Gasteiger partial charge >= 0.3 is 0 Å². The number of nitrogens with zero attached hydrogens (tertiary/aromatic N) is 3. The Hall–Kier alpha value is 0.180. The predicted octanol–water partition coefficient (Wildman–Crippen LogP) is 2.41. The van der Waals surface area contributed by atoms with E-state index in [-0.39, 0.29) is 54.6 Å². The van der Waals surface area contributed by atoms with Crippen LogP contribution in [0.2, 0.25) is 0 Å². The number of piperazine rings is 1. The van der Waals surface area contributed by atoms with Crippen LogP contribution in [0.5, 0.6) is 0 Å². The summed E-state index contributed by atoms with van der Waals surface area (Å²) < 4.78 is 5.98. The minimum atomic E-state index is -0.331. The van der Waals surface area contributed by atoms with E-state index in [2.05, 4.69) is 35.5 Å². The zero-order valence-electron chi connectivity index (χ0n) is 18.2. The Morgan fingerprint density at radius 3 is 2.34 bits per heavy atom. The molecule has 2 saturated heterocycles. The van der Waals surface area contributed by atoms with Crippen LogP contribution in [-0.4, -0.2) is 90.7 Å². The maximum atomic E-state index is 13.0. The molecule has 0 spiro atoms. The molecule has 0 aromatic carbocycles. The van der Waals surface area contributed by atoms with Gasteiger partial charge in [0.2, 0.25) is 5.91 Å². The van der Waals surface area contributed by atoms with Gasteiger partial charge in [0.05, 0.1) is 18.6 Å². The Kier molecular flexibility index (Phi) is 13.0. The highest BCUT2D eigenvalue weighted by Crippen LogP contribution is 2.33. The van der Waals surface area contributed by atoms with Crippen molar-refractivity contribution in [2.45, 2.75) is 64.1 Å². The lowest BCUT2D eigenvalue weighted by Gasteiger charge is -2.43. The molecule has 3 unspecified atom stereocenters. The Morgan fingerprint density at radius 2 is 1.76 bits per heavy atom. The van der Waals surface area contributed by atoms with Crippen LogP contribution in [0.15, 0.2) is 0 Å². The molecule has 2 N–H and O–H groups in total. The van der Waals surface area contributed by atoms with E-state index in [0.717, 1.165) is 78.1 Å². The van der Waals surface area contributed by atoms with E-state index in [1.807, 2.05) is 0 Å². The Morgan fingerprint density at radius 1 is 1.10 bits per heavy atom. The highest BCUT2D eigenvalue weighted by molar-refractivity contribution is 5.86. The predicted molar refractivity (Wildman–Crippen MR) is 126 cm³/mol. The number of ether oxygens (including phenoxy) is 1. The van der Waals surface area contributed by atoms with E-state index >= 15 is 0 Å². The molecule has 3 atom stereocenters. The normalized spacial score (nSPS) is 31.4. The van der Waals surface area contributed by atoms with Crippen LogP contribution in [0.4, 0.5) is 0 Å². The van der Waals surface area contributed by atoms with E-state index in [9.17, 15) is 4.79 Å². The summed E-state index contributed by atoms with van der Waals surface area (Å²) in [6, 6.07) is 0.580. The van der Waals surface area contributed by atoms with Crippen LogP contribution in [0.25, 0.3) is 0 Å². The van der Waals surface area contributed by atoms with Gasteiger partial charge in [0.15, 0.2) is 0 Å². The summed E-state index contributed by atoms with van der Waals surface area (Å²) in [7, 11) is 0. The fourth-order valence-electron chi connectivity index (χ4n) is 4.74. The van der Waals surface area contributed by atoms with Gasteiger partial charge in [0.1, 0.15) is 0 Å². The van der Waals surface area contributed by atoms with Crippen LogP contribution < -0.4 is 5.73 Å². The van der Waals surface area contributed by atoms with Crippen molar-refractivity contribution < 1.29 is 9.53 Å². The number of hydrogen-bond acceptors (Lipinski definition) is 5. The molecule has 9 heteroatoms. The largest absolute Gasteiger partial charge is 0.374 e. The number of rotatable bonds is 4. The number of nitrogens with two attached hydrogens (primary N) is 1. The Labute approximate surface area is 195 Å². The van der Waals surface area contributed by atoms with Crippen molar-refractivity contribution in [3.63, 3.8) is 0 Å². The molecule has 0 aromatic rings. The Balaban J connectivity index is 0.00000261. The van der Waals surface area contributed by atoms with Crippen molar-refractivity contribution in [1.29, 1.82) is 0 Å². The molecular formula is C20H41Cl3N4O2. The van der Waals surface area contributed by atoms with Crippen LogP contribution in [0.3, 0.4) is 0 Å². The lowest BCUT2D eigenvalue weighted by Crippen LogP contribution is -2.58. The minimum Gasteiger partial charge on any atom is -0.374 e. The maximum absolute atomic E-state index is 13.0. The summed E-state index contributed by atoms with van der Waals surface area (Å²) >= 11 is 0.